The summed E-state index contributed by atoms with van der Waals surface area (Å²) in [5.41, 5.74) is 8.66. The van der Waals surface area contributed by atoms with E-state index in [4.69, 9.17) is 15.2 Å². The summed E-state index contributed by atoms with van der Waals surface area (Å²) in [5, 5.41) is 12.9. The third kappa shape index (κ3) is 5.96. The average Bonchev–Trinajstić information content (AvgIpc) is 3.19. The van der Waals surface area contributed by atoms with Crippen LogP contribution in [0.15, 0.2) is 45.5 Å². The molecule has 1 aromatic heterocycles. The third-order valence-corrected chi connectivity index (χ3v) is 5.21. The Morgan fingerprint density at radius 1 is 1.23 bits per heavy atom. The molecule has 3 rings (SSSR count). The Bertz CT molecular complexity index is 1040. The Labute approximate surface area is 188 Å². The van der Waals surface area contributed by atoms with Crippen LogP contribution in [0.2, 0.25) is 0 Å². The molecule has 9 nitrogen and oxygen atoms in total. The maximum absolute atomic E-state index is 12.0. The maximum Gasteiger partial charge on any atom is 0.277 e. The minimum atomic E-state index is -0.440. The number of benzene rings is 2. The Balaban J connectivity index is 1.59. The number of hydrogen-bond donors (Lipinski definition) is 3. The number of hydrogen-bond acceptors (Lipinski definition) is 8. The highest BCUT2D eigenvalue weighted by molar-refractivity contribution is 9.10. The molecule has 0 radical (unpaired) electrons. The van der Waals surface area contributed by atoms with Crippen LogP contribution in [0, 0.1) is 6.92 Å². The Morgan fingerprint density at radius 2 is 2.06 bits per heavy atom. The highest BCUT2D eigenvalue weighted by Crippen LogP contribution is 2.36. The van der Waals surface area contributed by atoms with Crippen LogP contribution in [-0.4, -0.2) is 36.4 Å². The van der Waals surface area contributed by atoms with Crippen LogP contribution in [-0.2, 0) is 13.2 Å². The van der Waals surface area contributed by atoms with E-state index in [2.05, 4.69) is 47.6 Å². The van der Waals surface area contributed by atoms with Crippen LogP contribution < -0.4 is 25.8 Å². The molecule has 0 saturated heterocycles. The molecule has 164 valence electrons. The molecule has 0 atom stereocenters. The first kappa shape index (κ1) is 22.6. The van der Waals surface area contributed by atoms with E-state index in [1.54, 1.807) is 7.11 Å². The molecule has 1 heterocycles. The van der Waals surface area contributed by atoms with Crippen LogP contribution in [0.5, 0.6) is 11.5 Å². The Morgan fingerprint density at radius 3 is 2.77 bits per heavy atom. The summed E-state index contributed by atoms with van der Waals surface area (Å²) in [6.45, 7) is 3.85. The number of anilines is 1. The molecule has 10 heteroatoms. The minimum absolute atomic E-state index is 0.0256. The van der Waals surface area contributed by atoms with Crippen LogP contribution in [0.1, 0.15) is 27.2 Å². The second kappa shape index (κ2) is 10.8. The number of carbonyl (C=O) groups is 1. The molecule has 0 unspecified atom stereocenters. The zero-order valence-electron chi connectivity index (χ0n) is 17.3. The molecule has 0 aliphatic heterocycles. The predicted octanol–water partition coefficient (Wildman–Crippen LogP) is 2.83. The summed E-state index contributed by atoms with van der Waals surface area (Å²) in [4.78, 5) is 12.0. The predicted molar refractivity (Wildman–Crippen MR) is 119 cm³/mol. The van der Waals surface area contributed by atoms with Crippen molar-refractivity contribution >= 4 is 27.7 Å². The van der Waals surface area contributed by atoms with Gasteiger partial charge in [0.2, 0.25) is 11.5 Å². The first-order chi connectivity index (χ1) is 15.0. The summed E-state index contributed by atoms with van der Waals surface area (Å²) >= 11 is 3.59. The lowest BCUT2D eigenvalue weighted by Crippen LogP contribution is -2.32. The zero-order valence-corrected chi connectivity index (χ0v) is 18.9. The quantitative estimate of drug-likeness (QED) is 0.371. The number of methoxy groups -OCH3 is 1. The number of aromatic nitrogens is 2. The number of rotatable bonds is 10. The van der Waals surface area contributed by atoms with E-state index >= 15 is 0 Å². The normalized spacial score (nSPS) is 10.7. The van der Waals surface area contributed by atoms with Gasteiger partial charge in [0.25, 0.3) is 5.91 Å². The van der Waals surface area contributed by atoms with Gasteiger partial charge in [-0.3, -0.25) is 4.79 Å². The van der Waals surface area contributed by atoms with E-state index in [1.165, 1.54) is 5.56 Å². The number of halogens is 1. The fourth-order valence-corrected chi connectivity index (χ4v) is 3.39. The monoisotopic (exact) mass is 489 g/mol. The van der Waals surface area contributed by atoms with E-state index in [9.17, 15) is 4.79 Å². The van der Waals surface area contributed by atoms with E-state index < -0.39 is 5.91 Å². The minimum Gasteiger partial charge on any atom is -0.493 e. The van der Waals surface area contributed by atoms with Crippen molar-refractivity contribution in [1.29, 1.82) is 0 Å². The molecule has 31 heavy (non-hydrogen) atoms. The first-order valence-corrected chi connectivity index (χ1v) is 10.4. The topological polar surface area (TPSA) is 125 Å². The van der Waals surface area contributed by atoms with Gasteiger partial charge in [0.1, 0.15) is 6.61 Å². The molecule has 0 saturated carbocycles. The third-order valence-electron chi connectivity index (χ3n) is 4.47. The van der Waals surface area contributed by atoms with Crippen molar-refractivity contribution in [3.8, 4) is 11.5 Å². The molecular weight excluding hydrogens is 466 g/mol. The fraction of sp³-hybridized carbons (Fsp3) is 0.286. The molecule has 1 amide bonds. The Kier molecular flexibility index (Phi) is 7.85. The van der Waals surface area contributed by atoms with Crippen LogP contribution in [0.4, 0.5) is 5.82 Å². The van der Waals surface area contributed by atoms with Crippen molar-refractivity contribution in [3.05, 3.63) is 63.3 Å². The number of nitrogens with two attached hydrogens (primary N) is 1. The number of carbonyl (C=O) groups excluding carboxylic acids is 1. The molecule has 0 bridgehead atoms. The number of nitrogens with zero attached hydrogens (tertiary/aromatic N) is 2. The SMILES string of the molecule is COc1ccc(Br)c(CNCCNC(=O)c2nonc2N)c1OCc1cccc(C)c1. The molecule has 0 aliphatic rings. The molecular formula is C21H24BrN5O4. The summed E-state index contributed by atoms with van der Waals surface area (Å²) in [5.74, 6) is 0.831. The molecule has 0 spiro atoms. The second-order valence-corrected chi connectivity index (χ2v) is 7.62. The van der Waals surface area contributed by atoms with Gasteiger partial charge in [0.15, 0.2) is 11.5 Å². The van der Waals surface area contributed by atoms with Gasteiger partial charge in [-0.15, -0.1) is 0 Å². The van der Waals surface area contributed by atoms with Crippen molar-refractivity contribution in [2.75, 3.05) is 25.9 Å². The number of ether oxygens (including phenoxy) is 2. The Hall–Kier alpha value is -3.11. The van der Waals surface area contributed by atoms with E-state index in [0.717, 1.165) is 15.6 Å². The molecule has 2 aromatic carbocycles. The van der Waals surface area contributed by atoms with Crippen molar-refractivity contribution in [1.82, 2.24) is 20.9 Å². The number of nitrogen functional groups attached to an aromatic ring is 1. The summed E-state index contributed by atoms with van der Waals surface area (Å²) in [7, 11) is 1.61. The van der Waals surface area contributed by atoms with Gasteiger partial charge in [-0.2, -0.15) is 0 Å². The summed E-state index contributed by atoms with van der Waals surface area (Å²) < 4.78 is 17.0. The van der Waals surface area contributed by atoms with Gasteiger partial charge in [-0.25, -0.2) is 4.63 Å². The highest BCUT2D eigenvalue weighted by atomic mass is 79.9. The van der Waals surface area contributed by atoms with Gasteiger partial charge >= 0.3 is 0 Å². The lowest BCUT2D eigenvalue weighted by Gasteiger charge is -2.17. The fourth-order valence-electron chi connectivity index (χ4n) is 2.94. The van der Waals surface area contributed by atoms with E-state index in [-0.39, 0.29) is 11.5 Å². The zero-order chi connectivity index (χ0) is 22.2. The van der Waals surface area contributed by atoms with Gasteiger partial charge in [0, 0.05) is 29.7 Å². The van der Waals surface area contributed by atoms with E-state index in [0.29, 0.717) is 37.7 Å². The number of aryl methyl sites for hydroxylation is 1. The van der Waals surface area contributed by atoms with Crippen LogP contribution in [0.3, 0.4) is 0 Å². The highest BCUT2D eigenvalue weighted by Gasteiger charge is 2.16. The van der Waals surface area contributed by atoms with Crippen LogP contribution >= 0.6 is 15.9 Å². The second-order valence-electron chi connectivity index (χ2n) is 6.77. The standard InChI is InChI=1S/C21H24BrN5O4/c1-13-4-3-5-14(10-13)12-30-19-15(16(22)6-7-17(19)29-2)11-24-8-9-25-21(28)18-20(23)27-31-26-18/h3-7,10,24H,8-9,11-12H2,1-2H3,(H2,23,27)(H,25,28). The smallest absolute Gasteiger partial charge is 0.277 e. The van der Waals surface area contributed by atoms with E-state index in [1.807, 2.05) is 37.3 Å². The molecule has 4 N–H and O–H groups in total. The average molecular weight is 490 g/mol. The molecule has 3 aromatic rings. The summed E-state index contributed by atoms with van der Waals surface area (Å²) in [6.07, 6.45) is 0. The van der Waals surface area contributed by atoms with Crippen LogP contribution in [0.25, 0.3) is 0 Å². The van der Waals surface area contributed by atoms with Gasteiger partial charge in [-0.1, -0.05) is 45.8 Å². The number of nitrogens with one attached hydrogen (secondary N) is 2. The van der Waals surface area contributed by atoms with Gasteiger partial charge in [0.05, 0.1) is 7.11 Å². The maximum atomic E-state index is 12.0. The largest absolute Gasteiger partial charge is 0.493 e. The molecule has 0 fully saturated rings. The first-order valence-electron chi connectivity index (χ1n) is 9.60. The van der Waals surface area contributed by atoms with Crippen molar-refractivity contribution in [2.45, 2.75) is 20.1 Å². The number of amides is 1. The molecule has 0 aliphatic carbocycles. The summed E-state index contributed by atoms with van der Waals surface area (Å²) in [6, 6.07) is 11.9. The van der Waals surface area contributed by atoms with Crippen molar-refractivity contribution < 1.29 is 18.9 Å². The van der Waals surface area contributed by atoms with Gasteiger partial charge < -0.3 is 25.8 Å². The lowest BCUT2D eigenvalue weighted by molar-refractivity contribution is 0.0944. The van der Waals surface area contributed by atoms with Crippen molar-refractivity contribution in [2.24, 2.45) is 0 Å². The lowest BCUT2D eigenvalue weighted by atomic mass is 10.1. The van der Waals surface area contributed by atoms with Gasteiger partial charge in [-0.05, 0) is 34.9 Å². The van der Waals surface area contributed by atoms with Crippen molar-refractivity contribution in [3.63, 3.8) is 0 Å².